The number of pyridine rings is 1. The molecule has 5 nitrogen and oxygen atoms in total. The number of carbonyl (C=O) groups is 1. The molecule has 1 saturated heterocycles. The number of carbonyl (C=O) groups excluding carboxylic acids is 1. The van der Waals surface area contributed by atoms with Crippen LogP contribution in [0.15, 0.2) is 12.3 Å². The number of halogens is 7. The highest BCUT2D eigenvalue weighted by Gasteiger charge is 2.42. The van der Waals surface area contributed by atoms with E-state index in [2.05, 4.69) is 10.3 Å². The summed E-state index contributed by atoms with van der Waals surface area (Å²) in [5.41, 5.74) is -0.943. The molecule has 12 heteroatoms. The molecule has 0 aromatic carbocycles. The molecule has 2 amide bonds. The van der Waals surface area contributed by atoms with Crippen molar-refractivity contribution in [1.82, 2.24) is 15.2 Å². The van der Waals surface area contributed by atoms with Crippen molar-refractivity contribution in [1.29, 1.82) is 0 Å². The molecule has 2 heterocycles. The third-order valence-corrected chi connectivity index (χ3v) is 5.97. The lowest BCUT2D eigenvalue weighted by molar-refractivity contribution is -0.183. The first kappa shape index (κ1) is 23.7. The van der Waals surface area contributed by atoms with Gasteiger partial charge >= 0.3 is 18.4 Å². The molecule has 1 saturated carbocycles. The topological polar surface area (TPSA) is 48.5 Å². The van der Waals surface area contributed by atoms with Gasteiger partial charge in [0.25, 0.3) is 0 Å². The average molecular weight is 473 g/mol. The maximum absolute atomic E-state index is 13.0. The van der Waals surface area contributed by atoms with Crippen molar-refractivity contribution in [2.45, 2.75) is 50.5 Å². The summed E-state index contributed by atoms with van der Waals surface area (Å²) in [7, 11) is 0. The van der Waals surface area contributed by atoms with Crippen molar-refractivity contribution in [2.75, 3.05) is 31.1 Å². The van der Waals surface area contributed by atoms with E-state index in [1.807, 2.05) is 0 Å². The van der Waals surface area contributed by atoms with E-state index in [0.717, 1.165) is 12.3 Å². The molecule has 1 aromatic rings. The highest BCUT2D eigenvalue weighted by molar-refractivity contribution is 6.33. The summed E-state index contributed by atoms with van der Waals surface area (Å²) in [6.07, 6.45) is -6.72. The Morgan fingerprint density at radius 3 is 2.45 bits per heavy atom. The minimum atomic E-state index is -4.55. The van der Waals surface area contributed by atoms with Gasteiger partial charge in [0.2, 0.25) is 0 Å². The number of anilines is 1. The maximum Gasteiger partial charge on any atom is 0.417 e. The van der Waals surface area contributed by atoms with E-state index in [9.17, 15) is 31.1 Å². The molecule has 0 unspecified atom stereocenters. The first-order valence-electron chi connectivity index (χ1n) is 10.0. The Balaban J connectivity index is 1.58. The number of alkyl halides is 6. The van der Waals surface area contributed by atoms with Crippen LogP contribution in [0.25, 0.3) is 0 Å². The van der Waals surface area contributed by atoms with E-state index in [1.54, 1.807) is 4.90 Å². The number of nitrogens with one attached hydrogen (secondary N) is 1. The van der Waals surface area contributed by atoms with Gasteiger partial charge in [-0.05, 0) is 31.7 Å². The molecule has 2 atom stereocenters. The number of urea groups is 1. The summed E-state index contributed by atoms with van der Waals surface area (Å²) in [6.45, 7) is 1.35. The predicted octanol–water partition coefficient (Wildman–Crippen LogP) is 5.10. The Bertz CT molecular complexity index is 788. The zero-order chi connectivity index (χ0) is 22.8. The first-order valence-corrected chi connectivity index (χ1v) is 10.4. The molecular weight excluding hydrogens is 450 g/mol. The molecule has 174 valence electrons. The third-order valence-electron chi connectivity index (χ3n) is 5.70. The SMILES string of the molecule is O=C(N[C@H]1CCC[C@@H](C(F)(F)F)C1)N1CCCN(c2ncc(C(F)(F)F)cc2Cl)CC1. The van der Waals surface area contributed by atoms with Crippen LogP contribution in [-0.4, -0.2) is 54.3 Å². The lowest BCUT2D eigenvalue weighted by Crippen LogP contribution is -2.48. The second-order valence-electron chi connectivity index (χ2n) is 7.91. The number of aromatic nitrogens is 1. The van der Waals surface area contributed by atoms with Gasteiger partial charge < -0.3 is 15.1 Å². The molecule has 31 heavy (non-hydrogen) atoms. The van der Waals surface area contributed by atoms with Crippen LogP contribution in [0.1, 0.15) is 37.7 Å². The highest BCUT2D eigenvalue weighted by Crippen LogP contribution is 2.37. The molecule has 0 bridgehead atoms. The third kappa shape index (κ3) is 6.08. The van der Waals surface area contributed by atoms with Crippen LogP contribution < -0.4 is 10.2 Å². The minimum absolute atomic E-state index is 0.0788. The molecule has 2 aliphatic rings. The van der Waals surface area contributed by atoms with Gasteiger partial charge in [0.05, 0.1) is 16.5 Å². The lowest BCUT2D eigenvalue weighted by atomic mass is 9.85. The summed E-state index contributed by atoms with van der Waals surface area (Å²) in [5.74, 6) is -1.20. The number of hydrogen-bond acceptors (Lipinski definition) is 3. The lowest BCUT2D eigenvalue weighted by Gasteiger charge is -2.32. The Labute approximate surface area is 180 Å². The fourth-order valence-electron chi connectivity index (χ4n) is 4.03. The zero-order valence-electron chi connectivity index (χ0n) is 16.6. The van der Waals surface area contributed by atoms with Gasteiger partial charge in [-0.1, -0.05) is 18.0 Å². The molecule has 1 aliphatic carbocycles. The van der Waals surface area contributed by atoms with Crippen molar-refractivity contribution < 1.29 is 31.1 Å². The first-order chi connectivity index (χ1) is 14.4. The largest absolute Gasteiger partial charge is 0.417 e. The van der Waals surface area contributed by atoms with E-state index >= 15 is 0 Å². The van der Waals surface area contributed by atoms with Crippen LogP contribution in [0.5, 0.6) is 0 Å². The van der Waals surface area contributed by atoms with Crippen molar-refractivity contribution in [3.05, 3.63) is 22.8 Å². The quantitative estimate of drug-likeness (QED) is 0.609. The molecule has 2 fully saturated rings. The minimum Gasteiger partial charge on any atom is -0.354 e. The Kier molecular flexibility index (Phi) is 7.12. The Morgan fingerprint density at radius 2 is 1.81 bits per heavy atom. The van der Waals surface area contributed by atoms with Gasteiger partial charge in [-0.3, -0.25) is 0 Å². The summed E-state index contributed by atoms with van der Waals surface area (Å²) < 4.78 is 77.3. The van der Waals surface area contributed by atoms with Crippen molar-refractivity contribution in [3.63, 3.8) is 0 Å². The van der Waals surface area contributed by atoms with Crippen LogP contribution in [0.2, 0.25) is 5.02 Å². The molecular formula is C19H23ClF6N4O. The molecule has 3 rings (SSSR count). The van der Waals surface area contributed by atoms with E-state index < -0.39 is 35.9 Å². The smallest absolute Gasteiger partial charge is 0.354 e. The van der Waals surface area contributed by atoms with Gasteiger partial charge in [-0.2, -0.15) is 26.3 Å². The number of nitrogens with zero attached hydrogens (tertiary/aromatic N) is 3. The van der Waals surface area contributed by atoms with Crippen molar-refractivity contribution >= 4 is 23.4 Å². The summed E-state index contributed by atoms with van der Waals surface area (Å²) in [6, 6.07) is -0.140. The fourth-order valence-corrected chi connectivity index (χ4v) is 4.32. The van der Waals surface area contributed by atoms with Gasteiger partial charge in [0.1, 0.15) is 5.82 Å². The Hall–Kier alpha value is -1.91. The number of hydrogen-bond donors (Lipinski definition) is 1. The van der Waals surface area contributed by atoms with Crippen molar-refractivity contribution in [2.24, 2.45) is 5.92 Å². The maximum atomic E-state index is 13.0. The normalized spacial score (nSPS) is 23.5. The number of amides is 2. The fraction of sp³-hybridized carbons (Fsp3) is 0.684. The van der Waals surface area contributed by atoms with Crippen LogP contribution >= 0.6 is 11.6 Å². The van der Waals surface area contributed by atoms with Crippen LogP contribution in [0.3, 0.4) is 0 Å². The summed E-state index contributed by atoms with van der Waals surface area (Å²) in [4.78, 5) is 19.7. The van der Waals surface area contributed by atoms with E-state index in [-0.39, 0.29) is 30.2 Å². The second-order valence-corrected chi connectivity index (χ2v) is 8.31. The second kappa shape index (κ2) is 9.30. The summed E-state index contributed by atoms with van der Waals surface area (Å²) >= 11 is 6.01. The van der Waals surface area contributed by atoms with E-state index in [1.165, 1.54) is 4.90 Å². The predicted molar refractivity (Wildman–Crippen MR) is 103 cm³/mol. The average Bonchev–Trinajstić information content (AvgIpc) is 2.93. The van der Waals surface area contributed by atoms with Gasteiger partial charge in [0.15, 0.2) is 0 Å². The molecule has 1 N–H and O–H groups in total. The molecule has 0 radical (unpaired) electrons. The van der Waals surface area contributed by atoms with Crippen molar-refractivity contribution in [3.8, 4) is 0 Å². The zero-order valence-corrected chi connectivity index (χ0v) is 17.3. The molecule has 1 aromatic heterocycles. The van der Waals surface area contributed by atoms with Crippen LogP contribution in [-0.2, 0) is 6.18 Å². The standard InChI is InChI=1S/C19H23ClF6N4O/c20-15-10-13(19(24,25)26)11-27-16(15)29-5-2-6-30(8-7-29)17(31)28-14-4-1-3-12(9-14)18(21,22)23/h10-12,14H,1-9H2,(H,28,31)/t12-,14+/m1/s1. The van der Waals surface area contributed by atoms with Gasteiger partial charge in [0, 0.05) is 38.4 Å². The van der Waals surface area contributed by atoms with Gasteiger partial charge in [-0.25, -0.2) is 9.78 Å². The van der Waals surface area contributed by atoms with E-state index in [4.69, 9.17) is 11.6 Å². The van der Waals surface area contributed by atoms with Crippen LogP contribution in [0.4, 0.5) is 37.0 Å². The highest BCUT2D eigenvalue weighted by atomic mass is 35.5. The Morgan fingerprint density at radius 1 is 1.06 bits per heavy atom. The van der Waals surface area contributed by atoms with Gasteiger partial charge in [-0.15, -0.1) is 0 Å². The monoisotopic (exact) mass is 472 g/mol. The molecule has 1 aliphatic heterocycles. The molecule has 0 spiro atoms. The summed E-state index contributed by atoms with van der Waals surface area (Å²) in [5, 5.41) is 2.58. The number of rotatable bonds is 2. The van der Waals surface area contributed by atoms with E-state index in [0.29, 0.717) is 38.9 Å². The van der Waals surface area contributed by atoms with Crippen LogP contribution in [0, 0.1) is 5.92 Å².